The van der Waals surface area contributed by atoms with Gasteiger partial charge in [-0.05, 0) is 23.6 Å². The molecule has 27 heavy (non-hydrogen) atoms. The molecule has 2 rings (SSSR count). The van der Waals surface area contributed by atoms with Gasteiger partial charge in [-0.2, -0.15) is 0 Å². The van der Waals surface area contributed by atoms with E-state index in [0.717, 1.165) is 11.3 Å². The molecule has 1 N–H and O–H groups in total. The van der Waals surface area contributed by atoms with Crippen molar-refractivity contribution in [3.63, 3.8) is 0 Å². The molecule has 0 aromatic heterocycles. The molecule has 1 amide bonds. The number of rotatable bonds is 8. The molecule has 0 spiro atoms. The van der Waals surface area contributed by atoms with Crippen molar-refractivity contribution in [3.05, 3.63) is 42.0 Å². The van der Waals surface area contributed by atoms with Crippen LogP contribution in [0.5, 0.6) is 23.0 Å². The highest BCUT2D eigenvalue weighted by atomic mass is 16.5. The Kier molecular flexibility index (Phi) is 6.93. The smallest absolute Gasteiger partial charge is 0.232 e. The van der Waals surface area contributed by atoms with Crippen molar-refractivity contribution in [1.29, 1.82) is 0 Å². The molecule has 0 heterocycles. The highest BCUT2D eigenvalue weighted by Crippen LogP contribution is 2.40. The highest BCUT2D eigenvalue weighted by molar-refractivity contribution is 5.96. The third-order valence-corrected chi connectivity index (χ3v) is 4.36. The van der Waals surface area contributed by atoms with Gasteiger partial charge in [-0.3, -0.25) is 4.79 Å². The summed E-state index contributed by atoms with van der Waals surface area (Å²) in [6.45, 7) is 4.04. The zero-order valence-electron chi connectivity index (χ0n) is 16.7. The van der Waals surface area contributed by atoms with E-state index in [1.165, 1.54) is 21.3 Å². The van der Waals surface area contributed by atoms with Gasteiger partial charge in [-0.25, -0.2) is 0 Å². The van der Waals surface area contributed by atoms with Gasteiger partial charge in [0.25, 0.3) is 0 Å². The Hall–Kier alpha value is -2.89. The van der Waals surface area contributed by atoms with Crippen LogP contribution in [0.3, 0.4) is 0 Å². The Morgan fingerprint density at radius 2 is 1.41 bits per heavy atom. The molecule has 2 aromatic rings. The zero-order valence-corrected chi connectivity index (χ0v) is 16.7. The summed E-state index contributed by atoms with van der Waals surface area (Å²) >= 11 is 0. The molecule has 1 atom stereocenters. The second-order valence-electron chi connectivity index (χ2n) is 6.40. The lowest BCUT2D eigenvalue weighted by Crippen LogP contribution is -2.25. The highest BCUT2D eigenvalue weighted by Gasteiger charge is 2.25. The third kappa shape index (κ3) is 4.64. The van der Waals surface area contributed by atoms with E-state index < -0.39 is 0 Å². The average Bonchev–Trinajstić information content (AvgIpc) is 2.67. The fourth-order valence-corrected chi connectivity index (χ4v) is 3.02. The van der Waals surface area contributed by atoms with Crippen LogP contribution in [0.25, 0.3) is 0 Å². The van der Waals surface area contributed by atoms with Gasteiger partial charge in [0.2, 0.25) is 11.7 Å². The predicted octanol–water partition coefficient (Wildman–Crippen LogP) is 4.10. The number of methoxy groups -OCH3 is 4. The van der Waals surface area contributed by atoms with Crippen LogP contribution in [-0.4, -0.2) is 34.3 Å². The minimum atomic E-state index is -0.310. The summed E-state index contributed by atoms with van der Waals surface area (Å²) in [5.41, 5.74) is 1.50. The molecule has 0 saturated carbocycles. The number of hydrogen-bond acceptors (Lipinski definition) is 5. The van der Waals surface area contributed by atoms with Crippen molar-refractivity contribution >= 4 is 11.6 Å². The second-order valence-corrected chi connectivity index (χ2v) is 6.40. The summed E-state index contributed by atoms with van der Waals surface area (Å²) in [7, 11) is 6.23. The molecular formula is C21H27NO5. The van der Waals surface area contributed by atoms with E-state index in [2.05, 4.69) is 5.32 Å². The Morgan fingerprint density at radius 3 is 1.81 bits per heavy atom. The SMILES string of the molecule is COc1ccc(C(C(=O)Nc2cc(OC)c(OC)c(OC)c2)C(C)C)cc1. The van der Waals surface area contributed by atoms with Crippen LogP contribution in [0.2, 0.25) is 0 Å². The van der Waals surface area contributed by atoms with Gasteiger partial charge in [0.15, 0.2) is 11.5 Å². The van der Waals surface area contributed by atoms with Crippen LogP contribution in [0.15, 0.2) is 36.4 Å². The van der Waals surface area contributed by atoms with E-state index >= 15 is 0 Å². The number of amides is 1. The Labute approximate surface area is 160 Å². The average molecular weight is 373 g/mol. The van der Waals surface area contributed by atoms with E-state index in [1.807, 2.05) is 38.1 Å². The van der Waals surface area contributed by atoms with Crippen LogP contribution in [0.4, 0.5) is 5.69 Å². The summed E-state index contributed by atoms with van der Waals surface area (Å²) < 4.78 is 21.2. The second kappa shape index (κ2) is 9.16. The summed E-state index contributed by atoms with van der Waals surface area (Å²) in [5, 5.41) is 2.97. The van der Waals surface area contributed by atoms with Crippen LogP contribution >= 0.6 is 0 Å². The van der Waals surface area contributed by atoms with Gasteiger partial charge in [0.05, 0.1) is 34.4 Å². The zero-order chi connectivity index (χ0) is 20.0. The number of carbonyl (C=O) groups excluding carboxylic acids is 1. The first-order valence-electron chi connectivity index (χ1n) is 8.70. The van der Waals surface area contributed by atoms with Crippen LogP contribution in [0.1, 0.15) is 25.3 Å². The van der Waals surface area contributed by atoms with Crippen LogP contribution in [-0.2, 0) is 4.79 Å². The Bertz CT molecular complexity index is 746. The molecule has 0 bridgehead atoms. The van der Waals surface area contributed by atoms with Crippen LogP contribution < -0.4 is 24.3 Å². The van der Waals surface area contributed by atoms with Crippen LogP contribution in [0, 0.1) is 5.92 Å². The van der Waals surface area contributed by atoms with Crippen molar-refractivity contribution < 1.29 is 23.7 Å². The Morgan fingerprint density at radius 1 is 0.852 bits per heavy atom. The molecule has 0 aliphatic rings. The molecular weight excluding hydrogens is 346 g/mol. The molecule has 146 valence electrons. The maximum absolute atomic E-state index is 13.0. The lowest BCUT2D eigenvalue weighted by Gasteiger charge is -2.22. The molecule has 0 fully saturated rings. The summed E-state index contributed by atoms with van der Waals surface area (Å²) in [4.78, 5) is 13.0. The number of benzene rings is 2. The minimum Gasteiger partial charge on any atom is -0.497 e. The van der Waals surface area contributed by atoms with E-state index in [9.17, 15) is 4.79 Å². The van der Waals surface area contributed by atoms with Crippen molar-refractivity contribution in [2.45, 2.75) is 19.8 Å². The van der Waals surface area contributed by atoms with Crippen molar-refractivity contribution in [3.8, 4) is 23.0 Å². The van der Waals surface area contributed by atoms with Crippen molar-refractivity contribution in [1.82, 2.24) is 0 Å². The maximum atomic E-state index is 13.0. The summed E-state index contributed by atoms with van der Waals surface area (Å²) in [5.74, 6) is 1.90. The van der Waals surface area contributed by atoms with Crippen molar-refractivity contribution in [2.75, 3.05) is 33.8 Å². The van der Waals surface area contributed by atoms with Gasteiger partial charge in [0, 0.05) is 17.8 Å². The molecule has 0 saturated heterocycles. The van der Waals surface area contributed by atoms with Gasteiger partial charge < -0.3 is 24.3 Å². The van der Waals surface area contributed by atoms with E-state index in [-0.39, 0.29) is 17.7 Å². The van der Waals surface area contributed by atoms with E-state index in [0.29, 0.717) is 22.9 Å². The molecule has 6 heteroatoms. The third-order valence-electron chi connectivity index (χ3n) is 4.36. The monoisotopic (exact) mass is 373 g/mol. The fraction of sp³-hybridized carbons (Fsp3) is 0.381. The number of anilines is 1. The number of hydrogen-bond donors (Lipinski definition) is 1. The Balaban J connectivity index is 2.32. The molecule has 2 aromatic carbocycles. The standard InChI is InChI=1S/C21H27NO5/c1-13(2)19(14-7-9-16(24-3)10-8-14)21(23)22-15-11-17(25-4)20(27-6)18(12-15)26-5/h7-13,19H,1-6H3,(H,22,23). The number of carbonyl (C=O) groups is 1. The van der Waals surface area contributed by atoms with E-state index in [4.69, 9.17) is 18.9 Å². The van der Waals surface area contributed by atoms with Gasteiger partial charge in [-0.15, -0.1) is 0 Å². The minimum absolute atomic E-state index is 0.107. The summed E-state index contributed by atoms with van der Waals surface area (Å²) in [6, 6.07) is 11.0. The quantitative estimate of drug-likeness (QED) is 0.755. The first-order valence-corrected chi connectivity index (χ1v) is 8.70. The molecule has 6 nitrogen and oxygen atoms in total. The lowest BCUT2D eigenvalue weighted by molar-refractivity contribution is -0.118. The number of nitrogens with one attached hydrogen (secondary N) is 1. The molecule has 1 unspecified atom stereocenters. The first-order chi connectivity index (χ1) is 12.9. The molecule has 0 aliphatic heterocycles. The van der Waals surface area contributed by atoms with E-state index in [1.54, 1.807) is 19.2 Å². The number of ether oxygens (including phenoxy) is 4. The van der Waals surface area contributed by atoms with Gasteiger partial charge in [-0.1, -0.05) is 26.0 Å². The summed E-state index contributed by atoms with van der Waals surface area (Å²) in [6.07, 6.45) is 0. The van der Waals surface area contributed by atoms with Crippen molar-refractivity contribution in [2.24, 2.45) is 5.92 Å². The lowest BCUT2D eigenvalue weighted by atomic mass is 9.87. The van der Waals surface area contributed by atoms with Gasteiger partial charge in [0.1, 0.15) is 5.75 Å². The maximum Gasteiger partial charge on any atom is 0.232 e. The topological polar surface area (TPSA) is 66.0 Å². The van der Waals surface area contributed by atoms with Gasteiger partial charge >= 0.3 is 0 Å². The normalized spacial score (nSPS) is 11.7. The largest absolute Gasteiger partial charge is 0.497 e. The fourth-order valence-electron chi connectivity index (χ4n) is 3.02. The molecule has 0 radical (unpaired) electrons. The molecule has 0 aliphatic carbocycles. The first kappa shape index (κ1) is 20.4. The predicted molar refractivity (Wildman–Crippen MR) is 105 cm³/mol.